The summed E-state index contributed by atoms with van der Waals surface area (Å²) in [6, 6.07) is 12.5. The number of nitrogens with zero attached hydrogens (tertiary/aromatic N) is 1. The summed E-state index contributed by atoms with van der Waals surface area (Å²) in [5, 5.41) is 3.91. The third kappa shape index (κ3) is 5.58. The smallest absolute Gasteiger partial charge is 0.223 e. The molecule has 0 spiro atoms. The van der Waals surface area contributed by atoms with E-state index < -0.39 is 0 Å². The number of ether oxygens (including phenoxy) is 1. The second kappa shape index (κ2) is 10.7. The van der Waals surface area contributed by atoms with Crippen molar-refractivity contribution in [1.29, 1.82) is 0 Å². The van der Waals surface area contributed by atoms with E-state index in [-0.39, 0.29) is 23.5 Å². The highest BCUT2D eigenvalue weighted by molar-refractivity contribution is 5.85. The van der Waals surface area contributed by atoms with Crippen LogP contribution in [0.15, 0.2) is 42.5 Å². The first-order valence-corrected chi connectivity index (χ1v) is 11.9. The molecule has 1 aromatic heterocycles. The summed E-state index contributed by atoms with van der Waals surface area (Å²) in [5.74, 6) is 0.640. The standard InChI is InChI=1S/C27H32FN3O3/c1-18-23(24-17-21(28)6-9-25(24)30-18)11-14-29-27(33)20-12-15-31(16-13-20)26(32)10-5-19-3-7-22(34-2)8-4-19/h3-4,6-9,17,20,30H,5,10-16H2,1-2H3,(H,29,33). The molecular weight excluding hydrogens is 433 g/mol. The van der Waals surface area contributed by atoms with E-state index in [1.54, 1.807) is 13.2 Å². The quantitative estimate of drug-likeness (QED) is 0.525. The van der Waals surface area contributed by atoms with Gasteiger partial charge in [0.2, 0.25) is 11.8 Å². The number of halogens is 1. The molecule has 0 unspecified atom stereocenters. The van der Waals surface area contributed by atoms with E-state index in [1.165, 1.54) is 12.1 Å². The van der Waals surface area contributed by atoms with Gasteiger partial charge in [-0.05, 0) is 74.1 Å². The molecule has 2 aromatic carbocycles. The van der Waals surface area contributed by atoms with Gasteiger partial charge in [-0.3, -0.25) is 9.59 Å². The van der Waals surface area contributed by atoms with Crippen LogP contribution in [0.25, 0.3) is 10.9 Å². The van der Waals surface area contributed by atoms with Gasteiger partial charge in [0.25, 0.3) is 0 Å². The van der Waals surface area contributed by atoms with Crippen LogP contribution >= 0.6 is 0 Å². The van der Waals surface area contributed by atoms with Crippen molar-refractivity contribution in [3.63, 3.8) is 0 Å². The minimum Gasteiger partial charge on any atom is -0.497 e. The Labute approximate surface area is 199 Å². The maximum Gasteiger partial charge on any atom is 0.223 e. The molecule has 1 aliphatic heterocycles. The third-order valence-electron chi connectivity index (χ3n) is 6.76. The van der Waals surface area contributed by atoms with Crippen LogP contribution in [0.5, 0.6) is 5.75 Å². The van der Waals surface area contributed by atoms with Gasteiger partial charge in [0.15, 0.2) is 0 Å². The summed E-state index contributed by atoms with van der Waals surface area (Å²) in [4.78, 5) is 30.4. The summed E-state index contributed by atoms with van der Waals surface area (Å²) >= 11 is 0. The van der Waals surface area contributed by atoms with Crippen LogP contribution in [0, 0.1) is 18.7 Å². The van der Waals surface area contributed by atoms with Crippen LogP contribution in [0.3, 0.4) is 0 Å². The number of aryl methyl sites for hydroxylation is 2. The Balaban J connectivity index is 1.20. The number of amides is 2. The Morgan fingerprint density at radius 2 is 1.85 bits per heavy atom. The van der Waals surface area contributed by atoms with Gasteiger partial charge in [0.05, 0.1) is 7.11 Å². The van der Waals surface area contributed by atoms with Crippen molar-refractivity contribution >= 4 is 22.7 Å². The molecule has 34 heavy (non-hydrogen) atoms. The number of H-pyrrole nitrogens is 1. The lowest BCUT2D eigenvalue weighted by molar-refractivity contribution is -0.135. The first-order valence-electron chi connectivity index (χ1n) is 11.9. The summed E-state index contributed by atoms with van der Waals surface area (Å²) in [5.41, 5.74) is 4.05. The fourth-order valence-corrected chi connectivity index (χ4v) is 4.72. The fraction of sp³-hybridized carbons (Fsp3) is 0.407. The number of methoxy groups -OCH3 is 1. The first-order chi connectivity index (χ1) is 16.4. The van der Waals surface area contributed by atoms with Gasteiger partial charge in [0, 0.05) is 48.6 Å². The Morgan fingerprint density at radius 3 is 2.56 bits per heavy atom. The average Bonchev–Trinajstić information content (AvgIpc) is 3.17. The van der Waals surface area contributed by atoms with Gasteiger partial charge in [-0.2, -0.15) is 0 Å². The van der Waals surface area contributed by atoms with Gasteiger partial charge < -0.3 is 19.9 Å². The molecule has 1 aliphatic rings. The molecule has 0 aliphatic carbocycles. The van der Waals surface area contributed by atoms with Crippen molar-refractivity contribution in [2.75, 3.05) is 26.7 Å². The van der Waals surface area contributed by atoms with E-state index >= 15 is 0 Å². The molecule has 0 radical (unpaired) electrons. The number of benzene rings is 2. The largest absolute Gasteiger partial charge is 0.497 e. The van der Waals surface area contributed by atoms with E-state index in [0.29, 0.717) is 51.7 Å². The van der Waals surface area contributed by atoms with Crippen LogP contribution in [0.4, 0.5) is 4.39 Å². The van der Waals surface area contributed by atoms with Crippen molar-refractivity contribution in [2.24, 2.45) is 5.92 Å². The summed E-state index contributed by atoms with van der Waals surface area (Å²) in [6.45, 7) is 3.70. The second-order valence-electron chi connectivity index (χ2n) is 8.96. The normalized spacial score (nSPS) is 14.4. The van der Waals surface area contributed by atoms with Gasteiger partial charge in [-0.1, -0.05) is 12.1 Å². The fourth-order valence-electron chi connectivity index (χ4n) is 4.72. The van der Waals surface area contributed by atoms with Crippen LogP contribution in [-0.2, 0) is 22.4 Å². The first kappa shape index (κ1) is 23.8. The highest BCUT2D eigenvalue weighted by Crippen LogP contribution is 2.24. The maximum atomic E-state index is 13.7. The number of rotatable bonds is 8. The number of carbonyl (C=O) groups is 2. The van der Waals surface area contributed by atoms with Crippen molar-refractivity contribution in [2.45, 2.75) is 39.0 Å². The molecule has 2 amide bonds. The Bertz CT molecular complexity index is 1150. The van der Waals surface area contributed by atoms with Crippen LogP contribution < -0.4 is 10.1 Å². The molecule has 2 heterocycles. The van der Waals surface area contributed by atoms with E-state index in [2.05, 4.69) is 10.3 Å². The second-order valence-corrected chi connectivity index (χ2v) is 8.96. The number of nitrogens with one attached hydrogen (secondary N) is 2. The van der Waals surface area contributed by atoms with Gasteiger partial charge >= 0.3 is 0 Å². The molecule has 6 nitrogen and oxygen atoms in total. The number of aromatic nitrogens is 1. The van der Waals surface area contributed by atoms with Crippen molar-refractivity contribution in [3.8, 4) is 5.75 Å². The average molecular weight is 466 g/mol. The number of hydrogen-bond acceptors (Lipinski definition) is 3. The van der Waals surface area contributed by atoms with Crippen molar-refractivity contribution < 1.29 is 18.7 Å². The number of carbonyl (C=O) groups excluding carboxylic acids is 2. The van der Waals surface area contributed by atoms with Crippen LogP contribution in [0.2, 0.25) is 0 Å². The zero-order chi connectivity index (χ0) is 24.1. The molecule has 1 fully saturated rings. The molecule has 1 saturated heterocycles. The molecule has 3 aromatic rings. The molecular formula is C27H32FN3O3. The monoisotopic (exact) mass is 465 g/mol. The van der Waals surface area contributed by atoms with Gasteiger partial charge in [-0.25, -0.2) is 4.39 Å². The number of aromatic amines is 1. The van der Waals surface area contributed by atoms with Gasteiger partial charge in [-0.15, -0.1) is 0 Å². The summed E-state index contributed by atoms with van der Waals surface area (Å²) in [7, 11) is 1.63. The lowest BCUT2D eigenvalue weighted by Gasteiger charge is -2.31. The molecule has 0 saturated carbocycles. The lowest BCUT2D eigenvalue weighted by Crippen LogP contribution is -2.43. The highest BCUT2D eigenvalue weighted by Gasteiger charge is 2.27. The lowest BCUT2D eigenvalue weighted by atomic mass is 9.95. The zero-order valence-electron chi connectivity index (χ0n) is 19.8. The summed E-state index contributed by atoms with van der Waals surface area (Å²) < 4.78 is 18.8. The molecule has 0 atom stereocenters. The van der Waals surface area contributed by atoms with Crippen LogP contribution in [0.1, 0.15) is 36.1 Å². The Morgan fingerprint density at radius 1 is 1.12 bits per heavy atom. The predicted molar refractivity (Wildman–Crippen MR) is 130 cm³/mol. The van der Waals surface area contributed by atoms with E-state index in [4.69, 9.17) is 4.74 Å². The summed E-state index contributed by atoms with van der Waals surface area (Å²) in [6.07, 6.45) is 3.16. The molecule has 4 rings (SSSR count). The van der Waals surface area contributed by atoms with Crippen LogP contribution in [-0.4, -0.2) is 48.4 Å². The van der Waals surface area contributed by atoms with Gasteiger partial charge in [0.1, 0.15) is 11.6 Å². The molecule has 2 N–H and O–H groups in total. The molecule has 0 bridgehead atoms. The SMILES string of the molecule is COc1ccc(CCC(=O)N2CCC(C(=O)NCCc3c(C)[nH]c4ccc(F)cc34)CC2)cc1. The zero-order valence-corrected chi connectivity index (χ0v) is 19.8. The van der Waals surface area contributed by atoms with Crippen molar-refractivity contribution in [3.05, 3.63) is 65.1 Å². The van der Waals surface area contributed by atoms with E-state index in [0.717, 1.165) is 33.5 Å². The molecule has 180 valence electrons. The molecule has 7 heteroatoms. The van der Waals surface area contributed by atoms with E-state index in [1.807, 2.05) is 36.1 Å². The Hall–Kier alpha value is -3.35. The maximum absolute atomic E-state index is 13.7. The Kier molecular flexibility index (Phi) is 7.50. The number of fused-ring (bicyclic) bond motifs is 1. The number of piperidine rings is 1. The minimum absolute atomic E-state index is 0.0361. The predicted octanol–water partition coefficient (Wildman–Crippen LogP) is 4.15. The topological polar surface area (TPSA) is 74.4 Å². The minimum atomic E-state index is -0.262. The highest BCUT2D eigenvalue weighted by atomic mass is 19.1. The van der Waals surface area contributed by atoms with E-state index in [9.17, 15) is 14.0 Å². The number of hydrogen-bond donors (Lipinski definition) is 2. The third-order valence-corrected chi connectivity index (χ3v) is 6.76. The van der Waals surface area contributed by atoms with Crippen molar-refractivity contribution in [1.82, 2.24) is 15.2 Å². The number of likely N-dealkylation sites (tertiary alicyclic amines) is 1.